The maximum absolute atomic E-state index is 9.85. The Kier molecular flexibility index (Phi) is 2.70. The Balaban J connectivity index is 2.01. The van der Waals surface area contributed by atoms with Crippen LogP contribution >= 0.6 is 0 Å². The molecule has 1 aromatic carbocycles. The van der Waals surface area contributed by atoms with Gasteiger partial charge in [0.2, 0.25) is 0 Å². The van der Waals surface area contributed by atoms with Crippen LogP contribution in [0.2, 0.25) is 0 Å². The fourth-order valence-corrected chi connectivity index (χ4v) is 2.05. The lowest BCUT2D eigenvalue weighted by Crippen LogP contribution is -2.47. The summed E-state index contributed by atoms with van der Waals surface area (Å²) in [6, 6.07) is 5.91. The lowest BCUT2D eigenvalue weighted by Gasteiger charge is -2.39. The zero-order valence-electron chi connectivity index (χ0n) is 9.51. The van der Waals surface area contributed by atoms with Gasteiger partial charge in [0.05, 0.1) is 0 Å². The minimum absolute atomic E-state index is 0.302. The van der Waals surface area contributed by atoms with Crippen LogP contribution in [-0.4, -0.2) is 10.6 Å². The Hall–Kier alpha value is -1.02. The summed E-state index contributed by atoms with van der Waals surface area (Å²) in [5.74, 6) is 0.438. The van der Waals surface area contributed by atoms with Crippen molar-refractivity contribution < 1.29 is 5.11 Å². The SMILES string of the molecule is Cc1cccc(CNC2(C)CCC2)c1O. The normalized spacial score (nSPS) is 18.5. The number of aryl methyl sites for hydroxylation is 1. The van der Waals surface area contributed by atoms with E-state index in [0.29, 0.717) is 11.3 Å². The van der Waals surface area contributed by atoms with Crippen LogP contribution in [0.25, 0.3) is 0 Å². The van der Waals surface area contributed by atoms with Crippen LogP contribution in [0.15, 0.2) is 18.2 Å². The van der Waals surface area contributed by atoms with Gasteiger partial charge < -0.3 is 10.4 Å². The number of phenolic OH excluding ortho intramolecular Hbond substituents is 1. The molecule has 0 saturated heterocycles. The summed E-state index contributed by atoms with van der Waals surface area (Å²) >= 11 is 0. The third-order valence-corrected chi connectivity index (χ3v) is 3.48. The van der Waals surface area contributed by atoms with Gasteiger partial charge in [-0.2, -0.15) is 0 Å². The molecule has 0 radical (unpaired) electrons. The maximum atomic E-state index is 9.85. The molecule has 0 unspecified atom stereocenters. The van der Waals surface area contributed by atoms with E-state index in [1.165, 1.54) is 19.3 Å². The fraction of sp³-hybridized carbons (Fsp3) is 0.538. The van der Waals surface area contributed by atoms with Crippen molar-refractivity contribution in [1.29, 1.82) is 0 Å². The van der Waals surface area contributed by atoms with Gasteiger partial charge in [0.1, 0.15) is 5.75 Å². The molecule has 1 aliphatic carbocycles. The summed E-state index contributed by atoms with van der Waals surface area (Å²) in [5, 5.41) is 13.4. The van der Waals surface area contributed by atoms with Gasteiger partial charge in [-0.05, 0) is 38.7 Å². The topological polar surface area (TPSA) is 32.3 Å². The number of phenols is 1. The van der Waals surface area contributed by atoms with E-state index in [4.69, 9.17) is 0 Å². The predicted octanol–water partition coefficient (Wildman–Crippen LogP) is 2.73. The van der Waals surface area contributed by atoms with E-state index in [9.17, 15) is 5.11 Å². The molecule has 2 rings (SSSR count). The summed E-state index contributed by atoms with van der Waals surface area (Å²) in [4.78, 5) is 0. The maximum Gasteiger partial charge on any atom is 0.122 e. The zero-order valence-corrected chi connectivity index (χ0v) is 9.51. The molecule has 0 heterocycles. The van der Waals surface area contributed by atoms with Crippen LogP contribution < -0.4 is 5.32 Å². The molecule has 15 heavy (non-hydrogen) atoms. The van der Waals surface area contributed by atoms with Crippen molar-refractivity contribution in [2.24, 2.45) is 0 Å². The van der Waals surface area contributed by atoms with Crippen molar-refractivity contribution in [3.63, 3.8) is 0 Å². The summed E-state index contributed by atoms with van der Waals surface area (Å²) in [6.45, 7) is 4.96. The third-order valence-electron chi connectivity index (χ3n) is 3.48. The molecular formula is C13H19NO. The second-order valence-electron chi connectivity index (χ2n) is 4.85. The van der Waals surface area contributed by atoms with Crippen LogP contribution in [0.3, 0.4) is 0 Å². The standard InChI is InChI=1S/C13H19NO/c1-10-5-3-6-11(12(10)15)9-14-13(2)7-4-8-13/h3,5-6,14-15H,4,7-9H2,1-2H3. The molecular weight excluding hydrogens is 186 g/mol. The van der Waals surface area contributed by atoms with Crippen LogP contribution in [0.4, 0.5) is 0 Å². The molecule has 2 nitrogen and oxygen atoms in total. The average Bonchev–Trinajstić information content (AvgIpc) is 2.17. The number of para-hydroxylation sites is 1. The minimum atomic E-state index is 0.302. The van der Waals surface area contributed by atoms with Crippen LogP contribution in [0.1, 0.15) is 37.3 Å². The lowest BCUT2D eigenvalue weighted by molar-refractivity contribution is 0.206. The van der Waals surface area contributed by atoms with Gasteiger partial charge in [-0.1, -0.05) is 18.2 Å². The molecule has 0 aromatic heterocycles. The first kappa shape index (κ1) is 10.5. The molecule has 1 aromatic rings. The van der Waals surface area contributed by atoms with Gasteiger partial charge in [-0.25, -0.2) is 0 Å². The van der Waals surface area contributed by atoms with Gasteiger partial charge in [0, 0.05) is 17.6 Å². The van der Waals surface area contributed by atoms with Gasteiger partial charge in [0.25, 0.3) is 0 Å². The molecule has 0 bridgehead atoms. The van der Waals surface area contributed by atoms with Crippen molar-refractivity contribution in [3.05, 3.63) is 29.3 Å². The van der Waals surface area contributed by atoms with Gasteiger partial charge in [-0.15, -0.1) is 0 Å². The molecule has 0 aliphatic heterocycles. The van der Waals surface area contributed by atoms with Crippen molar-refractivity contribution in [1.82, 2.24) is 5.32 Å². The van der Waals surface area contributed by atoms with Crippen LogP contribution in [0.5, 0.6) is 5.75 Å². The monoisotopic (exact) mass is 205 g/mol. The molecule has 2 N–H and O–H groups in total. The minimum Gasteiger partial charge on any atom is -0.507 e. The Morgan fingerprint density at radius 1 is 1.40 bits per heavy atom. The van der Waals surface area contributed by atoms with Crippen molar-refractivity contribution in [3.8, 4) is 5.75 Å². The summed E-state index contributed by atoms with van der Waals surface area (Å²) in [6.07, 6.45) is 3.82. The van der Waals surface area contributed by atoms with E-state index >= 15 is 0 Å². The smallest absolute Gasteiger partial charge is 0.122 e. The molecule has 1 saturated carbocycles. The summed E-state index contributed by atoms with van der Waals surface area (Å²) in [5.41, 5.74) is 2.26. The quantitative estimate of drug-likeness (QED) is 0.795. The first-order chi connectivity index (χ1) is 7.11. The molecule has 1 fully saturated rings. The van der Waals surface area contributed by atoms with Gasteiger partial charge in [-0.3, -0.25) is 0 Å². The predicted molar refractivity (Wildman–Crippen MR) is 61.9 cm³/mol. The van der Waals surface area contributed by atoms with Gasteiger partial charge in [0.15, 0.2) is 0 Å². The first-order valence-corrected chi connectivity index (χ1v) is 5.63. The Bertz CT molecular complexity index is 356. The van der Waals surface area contributed by atoms with E-state index in [1.54, 1.807) is 0 Å². The summed E-state index contributed by atoms with van der Waals surface area (Å²) < 4.78 is 0. The Morgan fingerprint density at radius 3 is 2.73 bits per heavy atom. The number of hydrogen-bond acceptors (Lipinski definition) is 2. The number of hydrogen-bond donors (Lipinski definition) is 2. The van der Waals surface area contributed by atoms with E-state index in [0.717, 1.165) is 17.7 Å². The van der Waals surface area contributed by atoms with Gasteiger partial charge >= 0.3 is 0 Å². The van der Waals surface area contributed by atoms with Crippen molar-refractivity contribution in [2.45, 2.75) is 45.2 Å². The number of benzene rings is 1. The lowest BCUT2D eigenvalue weighted by atomic mass is 9.78. The highest BCUT2D eigenvalue weighted by atomic mass is 16.3. The van der Waals surface area contributed by atoms with Crippen LogP contribution in [0, 0.1) is 6.92 Å². The summed E-state index contributed by atoms with van der Waals surface area (Å²) in [7, 11) is 0. The second-order valence-corrected chi connectivity index (χ2v) is 4.85. The highest BCUT2D eigenvalue weighted by Gasteiger charge is 2.30. The fourth-order valence-electron chi connectivity index (χ4n) is 2.05. The van der Waals surface area contributed by atoms with E-state index < -0.39 is 0 Å². The molecule has 0 spiro atoms. The highest BCUT2D eigenvalue weighted by Crippen LogP contribution is 2.32. The van der Waals surface area contributed by atoms with E-state index in [1.807, 2.05) is 25.1 Å². The molecule has 2 heteroatoms. The Labute approximate surface area is 91.3 Å². The van der Waals surface area contributed by atoms with Crippen LogP contribution in [-0.2, 0) is 6.54 Å². The number of nitrogens with one attached hydrogen (secondary N) is 1. The molecule has 0 amide bonds. The average molecular weight is 205 g/mol. The van der Waals surface area contributed by atoms with Crippen molar-refractivity contribution in [2.75, 3.05) is 0 Å². The van der Waals surface area contributed by atoms with Crippen molar-refractivity contribution >= 4 is 0 Å². The largest absolute Gasteiger partial charge is 0.507 e. The first-order valence-electron chi connectivity index (χ1n) is 5.63. The third kappa shape index (κ3) is 2.15. The number of rotatable bonds is 3. The molecule has 82 valence electrons. The Morgan fingerprint density at radius 2 is 2.13 bits per heavy atom. The van der Waals surface area contributed by atoms with E-state index in [-0.39, 0.29) is 0 Å². The highest BCUT2D eigenvalue weighted by molar-refractivity contribution is 5.39. The number of aromatic hydroxyl groups is 1. The van der Waals surface area contributed by atoms with E-state index in [2.05, 4.69) is 12.2 Å². The zero-order chi connectivity index (χ0) is 10.9. The molecule has 1 aliphatic rings. The molecule has 0 atom stereocenters. The second kappa shape index (κ2) is 3.86.